The molecule has 220 valence electrons. The van der Waals surface area contributed by atoms with Crippen LogP contribution >= 0.6 is 0 Å². The summed E-state index contributed by atoms with van der Waals surface area (Å²) in [5.41, 5.74) is -0.492. The molecule has 8 nitrogen and oxygen atoms in total. The van der Waals surface area contributed by atoms with E-state index in [2.05, 4.69) is 29.4 Å². The van der Waals surface area contributed by atoms with E-state index in [1.165, 1.54) is 42.5 Å². The normalized spacial score (nSPS) is 20.6. The third kappa shape index (κ3) is 4.75. The zero-order valence-electron chi connectivity index (χ0n) is 20.6. The smallest absolute Gasteiger partial charge is 0.435 e. The van der Waals surface area contributed by atoms with E-state index in [0.29, 0.717) is 17.2 Å². The average molecular weight is 601 g/mol. The highest BCUT2D eigenvalue weighted by Gasteiger charge is 2.66. The Morgan fingerprint density at radius 3 is 2.31 bits per heavy atom. The second kappa shape index (κ2) is 9.39. The third-order valence-electron chi connectivity index (χ3n) is 6.52. The van der Waals surface area contributed by atoms with Crippen LogP contribution in [0.15, 0.2) is 65.8 Å². The minimum absolute atomic E-state index is 0.160. The monoisotopic (exact) mass is 601 g/mol. The summed E-state index contributed by atoms with van der Waals surface area (Å²) in [5, 5.41) is 7.49. The van der Waals surface area contributed by atoms with Crippen LogP contribution in [-0.2, 0) is 5.92 Å². The number of nitrogens with one attached hydrogen (secondary N) is 1. The first kappa shape index (κ1) is 27.4. The molecule has 0 aliphatic carbocycles. The number of halogens is 8. The van der Waals surface area contributed by atoms with Crippen LogP contribution in [0.4, 0.5) is 45.6 Å². The summed E-state index contributed by atoms with van der Waals surface area (Å²) < 4.78 is 125. The predicted octanol–water partition coefficient (Wildman–Crippen LogP) is 6.72. The fraction of sp³-hybridized carbons (Fsp3) is 0.231. The van der Waals surface area contributed by atoms with Crippen molar-refractivity contribution in [2.24, 2.45) is 5.10 Å². The number of nitrogens with zero attached hydrogens (tertiary/aromatic N) is 2. The number of carbonyl (C=O) groups excluding carboxylic acids is 1. The lowest BCUT2D eigenvalue weighted by molar-refractivity contribution is -0.296. The summed E-state index contributed by atoms with van der Waals surface area (Å²) in [6, 6.07) is 10.8. The van der Waals surface area contributed by atoms with Crippen LogP contribution in [-0.4, -0.2) is 42.3 Å². The first-order valence-corrected chi connectivity index (χ1v) is 11.9. The van der Waals surface area contributed by atoms with Gasteiger partial charge in [-0.05, 0) is 65.7 Å². The number of hydrogen-bond donors (Lipinski definition) is 1. The lowest BCUT2D eigenvalue weighted by atomic mass is 9.90. The van der Waals surface area contributed by atoms with Crippen LogP contribution in [0, 0.1) is 0 Å². The number of hydrazone groups is 1. The number of fused-ring (bicyclic) bond motifs is 2. The number of hydrogen-bond acceptors (Lipinski definition) is 6. The van der Waals surface area contributed by atoms with Crippen molar-refractivity contribution < 1.29 is 58.9 Å². The van der Waals surface area contributed by atoms with Gasteiger partial charge in [-0.15, -0.1) is 8.78 Å². The molecule has 1 atom stereocenters. The van der Waals surface area contributed by atoms with Crippen molar-refractivity contribution in [3.05, 3.63) is 77.4 Å². The molecule has 3 heterocycles. The van der Waals surface area contributed by atoms with Gasteiger partial charge in [-0.25, -0.2) is 9.80 Å². The molecule has 3 aromatic carbocycles. The van der Waals surface area contributed by atoms with Crippen molar-refractivity contribution in [1.82, 2.24) is 5.01 Å². The zero-order valence-corrected chi connectivity index (χ0v) is 20.6. The highest BCUT2D eigenvalue weighted by atomic mass is 19.3. The summed E-state index contributed by atoms with van der Waals surface area (Å²) in [6.07, 6.45) is -8.66. The Morgan fingerprint density at radius 1 is 0.905 bits per heavy atom. The maximum atomic E-state index is 14.1. The first-order chi connectivity index (χ1) is 19.7. The number of urea groups is 1. The van der Waals surface area contributed by atoms with E-state index in [-0.39, 0.29) is 35.2 Å². The van der Waals surface area contributed by atoms with Crippen molar-refractivity contribution in [1.29, 1.82) is 0 Å². The average Bonchev–Trinajstić information content (AvgIpc) is 3.53. The van der Waals surface area contributed by atoms with Gasteiger partial charge in [0.05, 0.1) is 17.8 Å². The van der Waals surface area contributed by atoms with E-state index < -0.39 is 48.2 Å². The Labute approximate surface area is 230 Å². The molecule has 3 aliphatic rings. The van der Waals surface area contributed by atoms with Gasteiger partial charge in [0, 0.05) is 11.6 Å². The van der Waals surface area contributed by atoms with E-state index in [1.807, 2.05) is 0 Å². The highest BCUT2D eigenvalue weighted by Crippen LogP contribution is 2.54. The van der Waals surface area contributed by atoms with Gasteiger partial charge in [-0.2, -0.15) is 31.4 Å². The molecule has 6 rings (SSSR count). The fourth-order valence-corrected chi connectivity index (χ4v) is 4.63. The molecule has 42 heavy (non-hydrogen) atoms. The van der Waals surface area contributed by atoms with Crippen molar-refractivity contribution in [3.8, 4) is 23.0 Å². The van der Waals surface area contributed by atoms with Crippen molar-refractivity contribution in [3.63, 3.8) is 0 Å². The lowest BCUT2D eigenvalue weighted by Gasteiger charge is -2.17. The molecule has 0 aromatic heterocycles. The largest absolute Gasteiger partial charge is 0.586 e. The van der Waals surface area contributed by atoms with Gasteiger partial charge in [0.25, 0.3) is 0 Å². The molecule has 0 saturated carbocycles. The van der Waals surface area contributed by atoms with Gasteiger partial charge in [-0.3, -0.25) is 0 Å². The maximum absolute atomic E-state index is 14.1. The Kier molecular flexibility index (Phi) is 6.13. The molecular weight excluding hydrogens is 586 g/mol. The number of anilines is 1. The maximum Gasteiger partial charge on any atom is 0.586 e. The summed E-state index contributed by atoms with van der Waals surface area (Å²) in [6.45, 7) is -3.27. The Bertz CT molecular complexity index is 1600. The lowest BCUT2D eigenvalue weighted by Crippen LogP contribution is -2.37. The molecule has 0 bridgehead atoms. The molecule has 0 radical (unpaired) electrons. The highest BCUT2D eigenvalue weighted by molar-refractivity contribution is 6.08. The quantitative estimate of drug-likeness (QED) is 0.329. The van der Waals surface area contributed by atoms with E-state index in [1.54, 1.807) is 0 Å². The van der Waals surface area contributed by atoms with Crippen molar-refractivity contribution >= 4 is 17.4 Å². The topological polar surface area (TPSA) is 81.6 Å². The fourth-order valence-electron chi connectivity index (χ4n) is 4.63. The SMILES string of the molecule is O=C(Nc1ccc2c(c1)C(F)(F)C(F)(F)O2)N1CC(c2ccc3c(c2)OC(F)(F)O3)C(c2ccc(OC(F)F)cc2)=N1. The molecule has 16 heteroatoms. The van der Waals surface area contributed by atoms with E-state index >= 15 is 0 Å². The Hall–Kier alpha value is -4.76. The molecule has 0 spiro atoms. The number of carbonyl (C=O) groups is 1. The van der Waals surface area contributed by atoms with E-state index in [4.69, 9.17) is 0 Å². The molecule has 3 aliphatic heterocycles. The summed E-state index contributed by atoms with van der Waals surface area (Å²) >= 11 is 0. The summed E-state index contributed by atoms with van der Waals surface area (Å²) in [4.78, 5) is 13.1. The number of alkyl halides is 8. The minimum Gasteiger partial charge on any atom is -0.435 e. The Balaban J connectivity index is 1.29. The van der Waals surface area contributed by atoms with Crippen LogP contribution in [0.5, 0.6) is 23.0 Å². The number of amides is 2. The van der Waals surface area contributed by atoms with Crippen LogP contribution in [0.2, 0.25) is 0 Å². The van der Waals surface area contributed by atoms with Gasteiger partial charge in [0.1, 0.15) is 11.5 Å². The molecule has 2 amide bonds. The van der Waals surface area contributed by atoms with Crippen LogP contribution in [0.3, 0.4) is 0 Å². The molecule has 0 saturated heterocycles. The molecule has 0 fully saturated rings. The van der Waals surface area contributed by atoms with Gasteiger partial charge in [0.15, 0.2) is 11.5 Å². The minimum atomic E-state index is -4.77. The molecular formula is C26H15F8N3O5. The predicted molar refractivity (Wildman–Crippen MR) is 127 cm³/mol. The summed E-state index contributed by atoms with van der Waals surface area (Å²) in [7, 11) is 0. The van der Waals surface area contributed by atoms with Crippen LogP contribution < -0.4 is 24.3 Å². The Morgan fingerprint density at radius 2 is 1.60 bits per heavy atom. The van der Waals surface area contributed by atoms with Crippen LogP contribution in [0.1, 0.15) is 22.6 Å². The van der Waals surface area contributed by atoms with Gasteiger partial charge < -0.3 is 24.3 Å². The van der Waals surface area contributed by atoms with Crippen molar-refractivity contribution in [2.45, 2.75) is 30.9 Å². The second-order valence-electron chi connectivity index (χ2n) is 9.23. The van der Waals surface area contributed by atoms with E-state index in [0.717, 1.165) is 17.1 Å². The van der Waals surface area contributed by atoms with Gasteiger partial charge >= 0.3 is 31.0 Å². The summed E-state index contributed by atoms with van der Waals surface area (Å²) in [5.74, 6) is -6.85. The zero-order chi connectivity index (χ0) is 30.0. The third-order valence-corrected chi connectivity index (χ3v) is 6.52. The van der Waals surface area contributed by atoms with Gasteiger partial charge in [-0.1, -0.05) is 6.07 Å². The number of ether oxygens (including phenoxy) is 4. The molecule has 3 aromatic rings. The van der Waals surface area contributed by atoms with Crippen molar-refractivity contribution in [2.75, 3.05) is 11.9 Å². The first-order valence-electron chi connectivity index (χ1n) is 11.9. The number of benzene rings is 3. The standard InChI is InChI=1S/C26H15F8N3O5/c27-22(28)39-15-5-1-12(2-6-15)21-16(13-3-7-19-20(9-13)42-26(33,34)41-19)11-37(36-21)23(38)35-14-4-8-18-17(10-14)24(29,30)25(31,32)40-18/h1-10,16,22H,11H2,(H,35,38). The van der Waals surface area contributed by atoms with E-state index in [9.17, 15) is 39.9 Å². The molecule has 1 unspecified atom stereocenters. The van der Waals surface area contributed by atoms with Gasteiger partial charge in [0.2, 0.25) is 0 Å². The second-order valence-corrected chi connectivity index (χ2v) is 9.23. The van der Waals surface area contributed by atoms with Crippen LogP contribution in [0.25, 0.3) is 0 Å². The number of rotatable bonds is 5. The molecule has 1 N–H and O–H groups in total.